The normalized spacial score (nSPS) is 17.5. The highest BCUT2D eigenvalue weighted by molar-refractivity contribution is 7.94. The number of halogens is 1. The molecule has 0 saturated heterocycles. The summed E-state index contributed by atoms with van der Waals surface area (Å²) in [5, 5.41) is -1.40. The zero-order chi connectivity index (χ0) is 18.1. The number of benzene rings is 1. The lowest BCUT2D eigenvalue weighted by Crippen LogP contribution is -2.23. The summed E-state index contributed by atoms with van der Waals surface area (Å²) in [5.74, 6) is 0. The van der Waals surface area contributed by atoms with Crippen molar-refractivity contribution in [2.75, 3.05) is 6.26 Å². The molecule has 0 unspecified atom stereocenters. The Kier molecular flexibility index (Phi) is 5.77. The molecule has 1 saturated carbocycles. The summed E-state index contributed by atoms with van der Waals surface area (Å²) in [5.41, 5.74) is 0.367. The van der Waals surface area contributed by atoms with Gasteiger partial charge in [-0.1, -0.05) is 25.7 Å². The fourth-order valence-electron chi connectivity index (χ4n) is 3.12. The molecule has 1 fully saturated rings. The van der Waals surface area contributed by atoms with Gasteiger partial charge in [0.1, 0.15) is 0 Å². The van der Waals surface area contributed by atoms with Crippen LogP contribution in [0, 0.1) is 6.92 Å². The van der Waals surface area contributed by atoms with E-state index in [4.69, 9.17) is 11.6 Å². The standard InChI is InChI=1S/C16H21ClO5S2/c1-11-9-15(14(23(2,19)20)10-13(11)16(17)18)24(21,22)12-7-5-3-4-6-8-12/h9-10,12H,3-8H2,1-2H3. The molecule has 1 aliphatic carbocycles. The van der Waals surface area contributed by atoms with Crippen LogP contribution in [0.4, 0.5) is 0 Å². The second-order valence-corrected chi connectivity index (χ2v) is 10.8. The summed E-state index contributed by atoms with van der Waals surface area (Å²) < 4.78 is 50.4. The smallest absolute Gasteiger partial charge is 0.252 e. The van der Waals surface area contributed by atoms with Crippen LogP contribution < -0.4 is 0 Å². The van der Waals surface area contributed by atoms with Crippen molar-refractivity contribution in [2.24, 2.45) is 0 Å². The molecule has 5 nitrogen and oxygen atoms in total. The molecule has 1 aromatic rings. The number of sulfone groups is 2. The van der Waals surface area contributed by atoms with Crippen LogP contribution in [0.15, 0.2) is 21.9 Å². The zero-order valence-corrected chi connectivity index (χ0v) is 16.1. The fraction of sp³-hybridized carbons (Fsp3) is 0.562. The van der Waals surface area contributed by atoms with Crippen LogP contribution in [-0.4, -0.2) is 33.6 Å². The van der Waals surface area contributed by atoms with Crippen molar-refractivity contribution >= 4 is 36.5 Å². The van der Waals surface area contributed by atoms with Crippen molar-refractivity contribution in [1.82, 2.24) is 0 Å². The van der Waals surface area contributed by atoms with E-state index in [1.165, 1.54) is 6.07 Å². The minimum Gasteiger partial charge on any atom is -0.276 e. The first kappa shape index (κ1) is 19.4. The highest BCUT2D eigenvalue weighted by Gasteiger charge is 2.33. The Morgan fingerprint density at radius 1 is 1.00 bits per heavy atom. The van der Waals surface area contributed by atoms with Gasteiger partial charge >= 0.3 is 0 Å². The summed E-state index contributed by atoms with van der Waals surface area (Å²) in [6, 6.07) is 2.36. The molecular weight excluding hydrogens is 372 g/mol. The maximum Gasteiger partial charge on any atom is 0.252 e. The van der Waals surface area contributed by atoms with Gasteiger partial charge in [-0.25, -0.2) is 16.8 Å². The Bertz CT molecular complexity index is 849. The van der Waals surface area contributed by atoms with E-state index in [-0.39, 0.29) is 15.4 Å². The van der Waals surface area contributed by atoms with Crippen molar-refractivity contribution in [3.8, 4) is 0 Å². The van der Waals surface area contributed by atoms with Crippen LogP contribution in [0.1, 0.15) is 54.4 Å². The molecule has 0 aromatic heterocycles. The van der Waals surface area contributed by atoms with Crippen LogP contribution in [0.25, 0.3) is 0 Å². The number of carbonyl (C=O) groups is 1. The molecule has 1 aliphatic rings. The van der Waals surface area contributed by atoms with Crippen LogP contribution in [0.5, 0.6) is 0 Å². The predicted molar refractivity (Wildman–Crippen MR) is 93.1 cm³/mol. The number of carbonyl (C=O) groups excluding carboxylic acids is 1. The van der Waals surface area contributed by atoms with E-state index in [1.807, 2.05) is 0 Å². The first-order chi connectivity index (χ1) is 11.0. The Hall–Kier alpha value is -0.920. The molecule has 1 aromatic carbocycles. The third-order valence-electron chi connectivity index (χ3n) is 4.45. The summed E-state index contributed by atoms with van der Waals surface area (Å²) in [6.45, 7) is 1.55. The predicted octanol–water partition coefficient (Wildman–Crippen LogP) is 3.27. The topological polar surface area (TPSA) is 85.3 Å². The van der Waals surface area contributed by atoms with Gasteiger partial charge in [-0.15, -0.1) is 0 Å². The van der Waals surface area contributed by atoms with Crippen molar-refractivity contribution in [3.63, 3.8) is 0 Å². The maximum absolute atomic E-state index is 13.1. The molecule has 2 rings (SSSR count). The van der Waals surface area contributed by atoms with Crippen LogP contribution in [0.2, 0.25) is 0 Å². The van der Waals surface area contributed by atoms with Crippen LogP contribution in [0.3, 0.4) is 0 Å². The maximum atomic E-state index is 13.1. The van der Waals surface area contributed by atoms with Gasteiger partial charge in [0.2, 0.25) is 0 Å². The van der Waals surface area contributed by atoms with Crippen molar-refractivity contribution in [3.05, 3.63) is 23.3 Å². The van der Waals surface area contributed by atoms with E-state index in [2.05, 4.69) is 0 Å². The average molecular weight is 393 g/mol. The van der Waals surface area contributed by atoms with Gasteiger partial charge in [0, 0.05) is 11.8 Å². The van der Waals surface area contributed by atoms with E-state index in [1.54, 1.807) is 6.92 Å². The Morgan fingerprint density at radius 2 is 1.54 bits per heavy atom. The SMILES string of the molecule is Cc1cc(S(=O)(=O)C2CCCCCC2)c(S(C)(=O)=O)cc1C(=O)Cl. The van der Waals surface area contributed by atoms with Gasteiger partial charge in [0.05, 0.1) is 15.0 Å². The second-order valence-electron chi connectivity index (χ2n) is 6.32. The van der Waals surface area contributed by atoms with Crippen molar-refractivity contribution < 1.29 is 21.6 Å². The number of rotatable bonds is 4. The van der Waals surface area contributed by atoms with Crippen molar-refractivity contribution in [2.45, 2.75) is 60.5 Å². The fourth-order valence-corrected chi connectivity index (χ4v) is 6.87. The van der Waals surface area contributed by atoms with Gasteiger partial charge in [-0.05, 0) is 49.1 Å². The summed E-state index contributed by atoms with van der Waals surface area (Å²) >= 11 is 5.48. The summed E-state index contributed by atoms with van der Waals surface area (Å²) in [6.07, 6.45) is 5.60. The first-order valence-electron chi connectivity index (χ1n) is 7.83. The van der Waals surface area contributed by atoms with Gasteiger partial charge in [-0.2, -0.15) is 0 Å². The first-order valence-corrected chi connectivity index (χ1v) is 11.6. The quantitative estimate of drug-likeness (QED) is 0.579. The second kappa shape index (κ2) is 7.14. The van der Waals surface area contributed by atoms with E-state index in [9.17, 15) is 21.6 Å². The molecule has 0 aliphatic heterocycles. The van der Waals surface area contributed by atoms with Crippen LogP contribution in [-0.2, 0) is 19.7 Å². The minimum absolute atomic E-state index is 0.0110. The molecule has 0 atom stereocenters. The van der Waals surface area contributed by atoms with Gasteiger partial charge in [-0.3, -0.25) is 4.79 Å². The van der Waals surface area contributed by atoms with Gasteiger partial charge in [0.15, 0.2) is 19.7 Å². The molecular formula is C16H21ClO5S2. The average Bonchev–Trinajstić information content (AvgIpc) is 2.74. The largest absolute Gasteiger partial charge is 0.276 e. The number of hydrogen-bond donors (Lipinski definition) is 0. The highest BCUT2D eigenvalue weighted by Crippen LogP contribution is 2.33. The molecule has 0 heterocycles. The monoisotopic (exact) mass is 392 g/mol. The van der Waals surface area contributed by atoms with Gasteiger partial charge in [0.25, 0.3) is 5.24 Å². The minimum atomic E-state index is -3.83. The lowest BCUT2D eigenvalue weighted by Gasteiger charge is -2.18. The lowest BCUT2D eigenvalue weighted by molar-refractivity contribution is 0.108. The molecule has 0 spiro atoms. The Labute approximate surface area is 148 Å². The van der Waals surface area contributed by atoms with Crippen LogP contribution >= 0.6 is 11.6 Å². The third-order valence-corrected chi connectivity index (χ3v) is 8.22. The van der Waals surface area contributed by atoms with E-state index < -0.39 is 30.2 Å². The molecule has 0 radical (unpaired) electrons. The lowest BCUT2D eigenvalue weighted by atomic mass is 10.1. The van der Waals surface area contributed by atoms with E-state index in [0.717, 1.165) is 38.0 Å². The summed E-state index contributed by atoms with van der Waals surface area (Å²) in [7, 11) is -7.62. The number of hydrogen-bond acceptors (Lipinski definition) is 5. The molecule has 0 N–H and O–H groups in total. The molecule has 8 heteroatoms. The zero-order valence-electron chi connectivity index (χ0n) is 13.7. The highest BCUT2D eigenvalue weighted by atomic mass is 35.5. The van der Waals surface area contributed by atoms with Crippen molar-refractivity contribution in [1.29, 1.82) is 0 Å². The summed E-state index contributed by atoms with van der Waals surface area (Å²) in [4.78, 5) is 10.9. The Balaban J connectivity index is 2.68. The molecule has 0 bridgehead atoms. The Morgan fingerprint density at radius 3 is 2.00 bits per heavy atom. The molecule has 134 valence electrons. The molecule has 0 amide bonds. The third kappa shape index (κ3) is 4.00. The number of aryl methyl sites for hydroxylation is 1. The van der Waals surface area contributed by atoms with E-state index in [0.29, 0.717) is 18.4 Å². The molecule has 24 heavy (non-hydrogen) atoms. The van der Waals surface area contributed by atoms with E-state index >= 15 is 0 Å². The van der Waals surface area contributed by atoms with Gasteiger partial charge < -0.3 is 0 Å².